The SMILES string of the molecule is CCCCCCNC(=O)[C@H]1[C@@H](C(=O)[O-])[C@H]2C=C[C@H]1C2. The van der Waals surface area contributed by atoms with Crippen LogP contribution >= 0.6 is 0 Å². The summed E-state index contributed by atoms with van der Waals surface area (Å²) in [5.41, 5.74) is 0. The van der Waals surface area contributed by atoms with Crippen LogP contribution in [-0.4, -0.2) is 18.4 Å². The van der Waals surface area contributed by atoms with Crippen LogP contribution < -0.4 is 10.4 Å². The second-order valence-corrected chi connectivity index (χ2v) is 5.67. The quantitative estimate of drug-likeness (QED) is 0.548. The highest BCUT2D eigenvalue weighted by Gasteiger charge is 2.48. The number of aliphatic carboxylic acids is 1. The molecular formula is C15H22NO3-. The van der Waals surface area contributed by atoms with Gasteiger partial charge in [0.1, 0.15) is 0 Å². The lowest BCUT2D eigenvalue weighted by molar-refractivity contribution is -0.313. The molecule has 0 aromatic rings. The van der Waals surface area contributed by atoms with Gasteiger partial charge in [-0.2, -0.15) is 0 Å². The van der Waals surface area contributed by atoms with E-state index in [1.807, 2.05) is 12.2 Å². The molecular weight excluding hydrogens is 242 g/mol. The number of fused-ring (bicyclic) bond motifs is 2. The molecule has 1 fully saturated rings. The molecule has 0 spiro atoms. The number of carboxylic acid groups (broad SMARTS) is 1. The molecule has 1 amide bonds. The van der Waals surface area contributed by atoms with Gasteiger partial charge in [0.25, 0.3) is 0 Å². The Bertz CT molecular complexity index is 378. The molecule has 0 radical (unpaired) electrons. The Morgan fingerprint density at radius 3 is 2.47 bits per heavy atom. The van der Waals surface area contributed by atoms with Gasteiger partial charge in [-0.05, 0) is 24.7 Å². The highest BCUT2D eigenvalue weighted by Crippen LogP contribution is 2.47. The second-order valence-electron chi connectivity index (χ2n) is 5.67. The van der Waals surface area contributed by atoms with Gasteiger partial charge in [-0.1, -0.05) is 38.3 Å². The standard InChI is InChI=1S/C15H23NO3/c1-2-3-4-5-8-16-14(17)12-10-6-7-11(9-10)13(12)15(18)19/h6-7,10-13H,2-5,8-9H2,1H3,(H,16,17)(H,18,19)/p-1/t10-,11-,12+,13-/m0/s1. The Kier molecular flexibility index (Phi) is 4.61. The Balaban J connectivity index is 1.84. The molecule has 2 aliphatic carbocycles. The zero-order valence-electron chi connectivity index (χ0n) is 11.4. The number of hydrogen-bond acceptors (Lipinski definition) is 3. The predicted molar refractivity (Wildman–Crippen MR) is 69.9 cm³/mol. The summed E-state index contributed by atoms with van der Waals surface area (Å²) in [6.07, 6.45) is 9.12. The maximum Gasteiger partial charge on any atom is 0.224 e. The molecule has 0 saturated heterocycles. The molecule has 0 aromatic heterocycles. The molecule has 0 unspecified atom stereocenters. The van der Waals surface area contributed by atoms with Crippen molar-refractivity contribution in [2.75, 3.05) is 6.54 Å². The van der Waals surface area contributed by atoms with Crippen LogP contribution in [0.4, 0.5) is 0 Å². The summed E-state index contributed by atoms with van der Waals surface area (Å²) in [5.74, 6) is -2.17. The smallest absolute Gasteiger partial charge is 0.224 e. The van der Waals surface area contributed by atoms with Crippen LogP contribution in [0.3, 0.4) is 0 Å². The van der Waals surface area contributed by atoms with E-state index >= 15 is 0 Å². The fourth-order valence-corrected chi connectivity index (χ4v) is 3.38. The summed E-state index contributed by atoms with van der Waals surface area (Å²) in [5, 5.41) is 14.1. The topological polar surface area (TPSA) is 69.2 Å². The summed E-state index contributed by atoms with van der Waals surface area (Å²) in [6, 6.07) is 0. The van der Waals surface area contributed by atoms with E-state index in [1.54, 1.807) is 0 Å². The van der Waals surface area contributed by atoms with Gasteiger partial charge in [-0.3, -0.25) is 4.79 Å². The highest BCUT2D eigenvalue weighted by atomic mass is 16.4. The zero-order valence-corrected chi connectivity index (χ0v) is 11.4. The van der Waals surface area contributed by atoms with Crippen LogP contribution in [0.25, 0.3) is 0 Å². The Hall–Kier alpha value is -1.32. The lowest BCUT2D eigenvalue weighted by Crippen LogP contribution is -2.45. The molecule has 1 saturated carbocycles. The Morgan fingerprint density at radius 2 is 1.84 bits per heavy atom. The molecule has 4 atom stereocenters. The van der Waals surface area contributed by atoms with Gasteiger partial charge in [-0.25, -0.2) is 0 Å². The molecule has 4 heteroatoms. The van der Waals surface area contributed by atoms with Gasteiger partial charge in [0.2, 0.25) is 5.91 Å². The van der Waals surface area contributed by atoms with E-state index < -0.39 is 17.8 Å². The Labute approximate surface area is 114 Å². The minimum absolute atomic E-state index is 0.00848. The third-order valence-electron chi connectivity index (χ3n) is 4.36. The van der Waals surface area contributed by atoms with E-state index in [9.17, 15) is 14.7 Å². The molecule has 0 aliphatic heterocycles. The van der Waals surface area contributed by atoms with Crippen molar-refractivity contribution in [2.24, 2.45) is 23.7 Å². The van der Waals surface area contributed by atoms with E-state index in [-0.39, 0.29) is 17.7 Å². The first-order valence-corrected chi connectivity index (χ1v) is 7.32. The van der Waals surface area contributed by atoms with Gasteiger partial charge in [0, 0.05) is 18.4 Å². The lowest BCUT2D eigenvalue weighted by Gasteiger charge is -2.27. The highest BCUT2D eigenvalue weighted by molar-refractivity contribution is 5.86. The van der Waals surface area contributed by atoms with Crippen LogP contribution in [0, 0.1) is 23.7 Å². The first-order valence-electron chi connectivity index (χ1n) is 7.32. The van der Waals surface area contributed by atoms with E-state index in [0.29, 0.717) is 6.54 Å². The third-order valence-corrected chi connectivity index (χ3v) is 4.36. The average molecular weight is 264 g/mol. The minimum Gasteiger partial charge on any atom is -0.550 e. The van der Waals surface area contributed by atoms with Crippen molar-refractivity contribution in [3.63, 3.8) is 0 Å². The van der Waals surface area contributed by atoms with Crippen molar-refractivity contribution in [3.05, 3.63) is 12.2 Å². The maximum atomic E-state index is 12.1. The molecule has 0 heterocycles. The zero-order chi connectivity index (χ0) is 13.8. The Morgan fingerprint density at radius 1 is 1.16 bits per heavy atom. The monoisotopic (exact) mass is 264 g/mol. The number of amides is 1. The minimum atomic E-state index is -1.08. The van der Waals surface area contributed by atoms with Gasteiger partial charge in [0.15, 0.2) is 0 Å². The molecule has 4 nitrogen and oxygen atoms in total. The molecule has 2 aliphatic rings. The van der Waals surface area contributed by atoms with Crippen LogP contribution in [0.2, 0.25) is 0 Å². The van der Waals surface area contributed by atoms with Gasteiger partial charge < -0.3 is 15.2 Å². The van der Waals surface area contributed by atoms with Crippen molar-refractivity contribution in [2.45, 2.75) is 39.0 Å². The van der Waals surface area contributed by atoms with Crippen LogP contribution in [0.5, 0.6) is 0 Å². The number of allylic oxidation sites excluding steroid dienone is 2. The van der Waals surface area contributed by atoms with Crippen molar-refractivity contribution >= 4 is 11.9 Å². The van der Waals surface area contributed by atoms with Crippen molar-refractivity contribution in [3.8, 4) is 0 Å². The molecule has 1 N–H and O–H groups in total. The largest absolute Gasteiger partial charge is 0.550 e. The fourth-order valence-electron chi connectivity index (χ4n) is 3.38. The number of carbonyl (C=O) groups is 2. The van der Waals surface area contributed by atoms with Crippen LogP contribution in [0.15, 0.2) is 12.2 Å². The number of rotatable bonds is 7. The summed E-state index contributed by atoms with van der Waals surface area (Å²) < 4.78 is 0. The van der Waals surface area contributed by atoms with Gasteiger partial charge in [0.05, 0.1) is 5.92 Å². The van der Waals surface area contributed by atoms with Crippen molar-refractivity contribution in [1.82, 2.24) is 5.32 Å². The molecule has 106 valence electrons. The molecule has 2 bridgehead atoms. The summed E-state index contributed by atoms with van der Waals surface area (Å²) in [7, 11) is 0. The number of carboxylic acids is 1. The first kappa shape index (κ1) is 14.1. The number of nitrogens with one attached hydrogen (secondary N) is 1. The fraction of sp³-hybridized carbons (Fsp3) is 0.733. The van der Waals surface area contributed by atoms with Crippen LogP contribution in [-0.2, 0) is 9.59 Å². The summed E-state index contributed by atoms with van der Waals surface area (Å²) in [6.45, 7) is 2.79. The normalized spacial score (nSPS) is 31.6. The summed E-state index contributed by atoms with van der Waals surface area (Å²) >= 11 is 0. The van der Waals surface area contributed by atoms with E-state index in [1.165, 1.54) is 6.42 Å². The van der Waals surface area contributed by atoms with E-state index in [2.05, 4.69) is 12.2 Å². The van der Waals surface area contributed by atoms with E-state index in [4.69, 9.17) is 0 Å². The van der Waals surface area contributed by atoms with Gasteiger partial charge >= 0.3 is 0 Å². The molecule has 0 aromatic carbocycles. The molecule has 19 heavy (non-hydrogen) atoms. The van der Waals surface area contributed by atoms with Crippen LogP contribution in [0.1, 0.15) is 39.0 Å². The van der Waals surface area contributed by atoms with Crippen molar-refractivity contribution < 1.29 is 14.7 Å². The lowest BCUT2D eigenvalue weighted by atomic mass is 9.82. The maximum absolute atomic E-state index is 12.1. The predicted octanol–water partition coefficient (Wildman–Crippen LogP) is 0.871. The number of carbonyl (C=O) groups excluding carboxylic acids is 2. The third kappa shape index (κ3) is 2.99. The van der Waals surface area contributed by atoms with Gasteiger partial charge in [-0.15, -0.1) is 0 Å². The number of hydrogen-bond donors (Lipinski definition) is 1. The number of unbranched alkanes of at least 4 members (excludes halogenated alkanes) is 3. The van der Waals surface area contributed by atoms with Crippen molar-refractivity contribution in [1.29, 1.82) is 0 Å². The van der Waals surface area contributed by atoms with E-state index in [0.717, 1.165) is 25.7 Å². The average Bonchev–Trinajstić information content (AvgIpc) is 2.98. The first-order chi connectivity index (χ1) is 9.15. The summed E-state index contributed by atoms with van der Waals surface area (Å²) in [4.78, 5) is 23.3. The second kappa shape index (κ2) is 6.22. The molecule has 2 rings (SSSR count).